The van der Waals surface area contributed by atoms with E-state index in [0.29, 0.717) is 52.1 Å². The van der Waals surface area contributed by atoms with Crippen molar-refractivity contribution in [2.24, 2.45) is 0 Å². The van der Waals surface area contributed by atoms with Gasteiger partial charge in [-0.05, 0) is 127 Å². The lowest BCUT2D eigenvalue weighted by molar-refractivity contribution is 0.298. The molecule has 0 bridgehead atoms. The van der Waals surface area contributed by atoms with Crippen LogP contribution in [0.5, 0.6) is 23.0 Å². The lowest BCUT2D eigenvalue weighted by Crippen LogP contribution is -2.15. The number of ether oxygens (including phenoxy) is 4. The summed E-state index contributed by atoms with van der Waals surface area (Å²) in [4.78, 5) is 0. The van der Waals surface area contributed by atoms with E-state index in [9.17, 15) is 0 Å². The van der Waals surface area contributed by atoms with Crippen LogP contribution in [0.3, 0.4) is 0 Å². The molecule has 0 atom stereocenters. The van der Waals surface area contributed by atoms with E-state index >= 15 is 0 Å². The van der Waals surface area contributed by atoms with E-state index < -0.39 is 0 Å². The summed E-state index contributed by atoms with van der Waals surface area (Å²) in [5, 5.41) is 0. The van der Waals surface area contributed by atoms with Crippen molar-refractivity contribution in [2.75, 3.05) is 26.4 Å². The molecule has 60 heavy (non-hydrogen) atoms. The maximum absolute atomic E-state index is 6.55. The van der Waals surface area contributed by atoms with E-state index in [1.54, 1.807) is 0 Å². The van der Waals surface area contributed by atoms with Crippen molar-refractivity contribution in [3.05, 3.63) is 166 Å². The standard InChI is InChI=1S/C56H72O4/c1-37-25-41-29-45(53(5,6)7)17-21-49(41)57-33-39(3)35-59-51-23-19-47(55(11,12)13)31-43(51)27-38(2)28-44-32-48(56(14,15)16)20-24-52(44)60-36-40(4)34-58-50-22-18-46(54(8,9)10)30-42(50)26-37/h17-24,29-32H,1-4,25-28,33-36H2,5-16H3. The first-order valence-electron chi connectivity index (χ1n) is 21.6. The minimum atomic E-state index is -0.0241. The third-order valence-corrected chi connectivity index (χ3v) is 11.2. The summed E-state index contributed by atoms with van der Waals surface area (Å²) in [6, 6.07) is 26.2. The van der Waals surface area contributed by atoms with Gasteiger partial charge >= 0.3 is 0 Å². The quantitative estimate of drug-likeness (QED) is 0.166. The Morgan fingerprint density at radius 1 is 0.317 bits per heavy atom. The van der Waals surface area contributed by atoms with Gasteiger partial charge in [-0.15, -0.1) is 0 Å². The van der Waals surface area contributed by atoms with E-state index in [1.165, 1.54) is 22.3 Å². The molecule has 1 aliphatic rings. The molecule has 1 aliphatic heterocycles. The molecule has 0 radical (unpaired) electrons. The van der Waals surface area contributed by atoms with Crippen LogP contribution in [-0.2, 0) is 47.3 Å². The number of rotatable bonds is 0. The van der Waals surface area contributed by atoms with Gasteiger partial charge in [-0.3, -0.25) is 0 Å². The molecule has 0 amide bonds. The molecule has 0 N–H and O–H groups in total. The molecule has 4 aromatic carbocycles. The Morgan fingerprint density at radius 3 is 0.700 bits per heavy atom. The van der Waals surface area contributed by atoms with E-state index in [-0.39, 0.29) is 21.7 Å². The Labute approximate surface area is 363 Å². The summed E-state index contributed by atoms with van der Waals surface area (Å²) in [6.45, 7) is 46.2. The summed E-state index contributed by atoms with van der Waals surface area (Å²) < 4.78 is 26.2. The number of hydrogen-bond acceptors (Lipinski definition) is 4. The molecule has 4 nitrogen and oxygen atoms in total. The Kier molecular flexibility index (Phi) is 14.1. The molecule has 4 aromatic rings. The van der Waals surface area contributed by atoms with Crippen molar-refractivity contribution in [2.45, 2.75) is 130 Å². The highest BCUT2D eigenvalue weighted by atomic mass is 16.5. The van der Waals surface area contributed by atoms with Crippen molar-refractivity contribution in [1.82, 2.24) is 0 Å². The van der Waals surface area contributed by atoms with Gasteiger partial charge in [0.05, 0.1) is 0 Å². The van der Waals surface area contributed by atoms with Crippen LogP contribution in [-0.4, -0.2) is 26.4 Å². The van der Waals surface area contributed by atoms with E-state index in [1.807, 2.05) is 0 Å². The maximum atomic E-state index is 6.55. The van der Waals surface area contributed by atoms with Gasteiger partial charge in [-0.25, -0.2) is 0 Å². The van der Waals surface area contributed by atoms with Gasteiger partial charge in [0.1, 0.15) is 49.4 Å². The highest BCUT2D eigenvalue weighted by Crippen LogP contribution is 2.36. The van der Waals surface area contributed by atoms with Gasteiger partial charge in [0, 0.05) is 0 Å². The van der Waals surface area contributed by atoms with Gasteiger partial charge in [0.25, 0.3) is 0 Å². The van der Waals surface area contributed by atoms with Crippen LogP contribution in [0.2, 0.25) is 0 Å². The smallest absolute Gasteiger partial charge is 0.123 e. The van der Waals surface area contributed by atoms with Gasteiger partial charge in [-0.2, -0.15) is 0 Å². The first-order chi connectivity index (χ1) is 27.9. The molecular weight excluding hydrogens is 737 g/mol. The minimum Gasteiger partial charge on any atom is -0.489 e. The fraction of sp³-hybridized carbons (Fsp3) is 0.429. The van der Waals surface area contributed by atoms with Crippen LogP contribution in [0.15, 0.2) is 121 Å². The number of benzene rings is 4. The average molecular weight is 809 g/mol. The molecule has 0 aliphatic carbocycles. The second kappa shape index (κ2) is 18.3. The van der Waals surface area contributed by atoms with Gasteiger partial charge in [0.2, 0.25) is 0 Å². The Morgan fingerprint density at radius 2 is 0.517 bits per heavy atom. The predicted molar refractivity (Wildman–Crippen MR) is 254 cm³/mol. The molecule has 0 saturated heterocycles. The first kappa shape index (κ1) is 46.1. The highest BCUT2D eigenvalue weighted by Gasteiger charge is 2.22. The molecule has 5 rings (SSSR count). The maximum Gasteiger partial charge on any atom is 0.123 e. The summed E-state index contributed by atoms with van der Waals surface area (Å²) in [7, 11) is 0. The lowest BCUT2D eigenvalue weighted by Gasteiger charge is -2.24. The van der Waals surface area contributed by atoms with Gasteiger partial charge in [-0.1, -0.05) is 169 Å². The van der Waals surface area contributed by atoms with Crippen LogP contribution in [0.4, 0.5) is 0 Å². The topological polar surface area (TPSA) is 36.9 Å². The fourth-order valence-corrected chi connectivity index (χ4v) is 7.30. The van der Waals surface area contributed by atoms with E-state index in [4.69, 9.17) is 18.9 Å². The molecule has 1 heterocycles. The molecule has 0 aromatic heterocycles. The SMILES string of the molecule is C=C1COc2ccc(C(C)(C)C)cc2CC(=C)Cc2cc(C(C)(C)C)ccc2OCC(=C)COc2ccc(C(C)(C)C)cc2CC(=C)Cc2cc(C(C)(C)C)ccc2OC1. The second-order valence-corrected chi connectivity index (χ2v) is 21.2. The first-order valence-corrected chi connectivity index (χ1v) is 21.6. The third kappa shape index (κ3) is 12.5. The molecule has 4 heteroatoms. The minimum absolute atomic E-state index is 0.0241. The monoisotopic (exact) mass is 809 g/mol. The zero-order chi connectivity index (χ0) is 44.2. The van der Waals surface area contributed by atoms with Crippen molar-refractivity contribution in [1.29, 1.82) is 0 Å². The molecule has 0 saturated carbocycles. The summed E-state index contributed by atoms with van der Waals surface area (Å²) in [5.41, 5.74) is 13.1. The van der Waals surface area contributed by atoms with Crippen molar-refractivity contribution in [3.8, 4) is 23.0 Å². The van der Waals surface area contributed by atoms with Crippen LogP contribution < -0.4 is 18.9 Å². The molecular formula is C56H72O4. The summed E-state index contributed by atoms with van der Waals surface area (Å²) in [5.74, 6) is 3.32. The number of hydrogen-bond donors (Lipinski definition) is 0. The average Bonchev–Trinajstić information content (AvgIpc) is 3.13. The Hall–Kier alpha value is -4.96. The largest absolute Gasteiger partial charge is 0.489 e. The van der Waals surface area contributed by atoms with Crippen LogP contribution in [0.25, 0.3) is 0 Å². The predicted octanol–water partition coefficient (Wildman–Crippen LogP) is 13.9. The van der Waals surface area contributed by atoms with Gasteiger partial charge < -0.3 is 18.9 Å². The van der Waals surface area contributed by atoms with Crippen LogP contribution in [0.1, 0.15) is 128 Å². The Balaban J connectivity index is 1.53. The van der Waals surface area contributed by atoms with Crippen molar-refractivity contribution in [3.63, 3.8) is 0 Å². The second-order valence-electron chi connectivity index (χ2n) is 21.2. The number of allylic oxidation sites excluding steroid dienone is 2. The molecule has 0 spiro atoms. The zero-order valence-electron chi connectivity index (χ0n) is 39.0. The van der Waals surface area contributed by atoms with Crippen LogP contribution in [0, 0.1) is 0 Å². The van der Waals surface area contributed by atoms with E-state index in [0.717, 1.165) is 67.5 Å². The van der Waals surface area contributed by atoms with Crippen LogP contribution >= 0.6 is 0 Å². The van der Waals surface area contributed by atoms with Crippen molar-refractivity contribution >= 4 is 0 Å². The number of fused-ring (bicyclic) bond motifs is 4. The summed E-state index contributed by atoms with van der Waals surface area (Å²) >= 11 is 0. The Bertz CT molecular complexity index is 1910. The fourth-order valence-electron chi connectivity index (χ4n) is 7.30. The summed E-state index contributed by atoms with van der Waals surface area (Å²) in [6.07, 6.45) is 2.63. The van der Waals surface area contributed by atoms with Gasteiger partial charge in [0.15, 0.2) is 0 Å². The zero-order valence-corrected chi connectivity index (χ0v) is 39.0. The normalized spacial score (nSPS) is 15.8. The molecule has 0 fully saturated rings. The van der Waals surface area contributed by atoms with E-state index in [2.05, 4.69) is 182 Å². The molecule has 0 unspecified atom stereocenters. The molecule has 320 valence electrons. The van der Waals surface area contributed by atoms with Crippen molar-refractivity contribution < 1.29 is 18.9 Å². The third-order valence-electron chi connectivity index (χ3n) is 11.2. The lowest BCUT2D eigenvalue weighted by atomic mass is 9.84. The highest BCUT2D eigenvalue weighted by molar-refractivity contribution is 5.47.